The minimum atomic E-state index is -1.12. The molecule has 1 aromatic heterocycles. The normalized spacial score (nSPS) is 9.69. The van der Waals surface area contributed by atoms with E-state index in [1.165, 1.54) is 25.1 Å². The molecule has 0 saturated heterocycles. The molecule has 0 aliphatic heterocycles. The van der Waals surface area contributed by atoms with Crippen molar-refractivity contribution in [3.8, 4) is 5.75 Å². The molecule has 1 heterocycles. The maximum absolute atomic E-state index is 10.7. The molecule has 0 amide bonds. The first kappa shape index (κ1) is 9.79. The molecule has 0 unspecified atom stereocenters. The van der Waals surface area contributed by atoms with E-state index in [-0.39, 0.29) is 11.4 Å². The van der Waals surface area contributed by atoms with E-state index >= 15 is 0 Å². The molecule has 0 saturated carbocycles. The average Bonchev–Trinajstić information content (AvgIpc) is 2.16. The Morgan fingerprint density at radius 2 is 2.38 bits per heavy atom. The van der Waals surface area contributed by atoms with Crippen LogP contribution in [0.2, 0.25) is 0 Å². The minimum absolute atomic E-state index is 0.109. The second-order valence-electron chi connectivity index (χ2n) is 2.08. The molecule has 13 heavy (non-hydrogen) atoms. The van der Waals surface area contributed by atoms with Gasteiger partial charge in [0, 0.05) is 0 Å². The number of methoxy groups -OCH3 is 1. The number of ether oxygens (including phenoxy) is 1. The molecule has 70 valence electrons. The molecule has 0 aliphatic carbocycles. The number of carbonyl (C=O) groups is 1. The Balaban J connectivity index is 3.18. The van der Waals surface area contributed by atoms with Gasteiger partial charge in [-0.3, -0.25) is 0 Å². The maximum Gasteiger partial charge on any atom is 0.358 e. The van der Waals surface area contributed by atoms with Gasteiger partial charge in [0.2, 0.25) is 0 Å². The molecule has 0 bridgehead atoms. The third-order valence-corrected chi connectivity index (χ3v) is 1.90. The quantitative estimate of drug-likeness (QED) is 0.577. The molecule has 5 nitrogen and oxygen atoms in total. The highest BCUT2D eigenvalue weighted by Crippen LogP contribution is 2.17. The van der Waals surface area contributed by atoms with Gasteiger partial charge in [0.1, 0.15) is 0 Å². The van der Waals surface area contributed by atoms with Crippen molar-refractivity contribution in [3.05, 3.63) is 11.9 Å². The summed E-state index contributed by atoms with van der Waals surface area (Å²) in [4.78, 5) is 18.3. The standard InChI is InChI=1S/C7H8N2O3S/c1-12-4-3-8-7(13-2)9-5(4)6(10)11/h3H,1-2H3,(H,10,11). The summed E-state index contributed by atoms with van der Waals surface area (Å²) in [5, 5.41) is 9.15. The molecule has 0 aliphatic rings. The average molecular weight is 200 g/mol. The Hall–Kier alpha value is -1.30. The monoisotopic (exact) mass is 200 g/mol. The summed E-state index contributed by atoms with van der Waals surface area (Å²) in [7, 11) is 1.38. The summed E-state index contributed by atoms with van der Waals surface area (Å²) in [5.74, 6) is -0.945. The lowest BCUT2D eigenvalue weighted by molar-refractivity contribution is 0.0685. The molecule has 1 aromatic rings. The lowest BCUT2D eigenvalue weighted by atomic mass is 10.4. The SMILES string of the molecule is COc1cnc(SC)nc1C(=O)O. The molecule has 0 radical (unpaired) electrons. The minimum Gasteiger partial charge on any atom is -0.493 e. The van der Waals surface area contributed by atoms with Crippen LogP contribution in [0.15, 0.2) is 11.4 Å². The van der Waals surface area contributed by atoms with Crippen LogP contribution in [0.4, 0.5) is 0 Å². The number of aromatic nitrogens is 2. The van der Waals surface area contributed by atoms with Crippen LogP contribution in [0.5, 0.6) is 5.75 Å². The van der Waals surface area contributed by atoms with Crippen molar-refractivity contribution in [2.75, 3.05) is 13.4 Å². The molecule has 1 N–H and O–H groups in total. The van der Waals surface area contributed by atoms with Gasteiger partial charge in [0.05, 0.1) is 13.3 Å². The summed E-state index contributed by atoms with van der Waals surface area (Å²) >= 11 is 1.28. The van der Waals surface area contributed by atoms with Gasteiger partial charge in [-0.2, -0.15) is 0 Å². The maximum atomic E-state index is 10.7. The smallest absolute Gasteiger partial charge is 0.358 e. The van der Waals surface area contributed by atoms with E-state index in [0.717, 1.165) is 0 Å². The van der Waals surface area contributed by atoms with Gasteiger partial charge in [-0.1, -0.05) is 11.8 Å². The van der Waals surface area contributed by atoms with Crippen molar-refractivity contribution in [3.63, 3.8) is 0 Å². The van der Waals surface area contributed by atoms with Crippen LogP contribution in [0.25, 0.3) is 0 Å². The van der Waals surface area contributed by atoms with Gasteiger partial charge in [0.15, 0.2) is 16.6 Å². The highest BCUT2D eigenvalue weighted by molar-refractivity contribution is 7.98. The highest BCUT2D eigenvalue weighted by Gasteiger charge is 2.13. The van der Waals surface area contributed by atoms with E-state index in [2.05, 4.69) is 9.97 Å². The van der Waals surface area contributed by atoms with Crippen LogP contribution in [-0.2, 0) is 0 Å². The Bertz CT molecular complexity index is 330. The third-order valence-electron chi connectivity index (χ3n) is 1.34. The van der Waals surface area contributed by atoms with E-state index in [0.29, 0.717) is 5.16 Å². The van der Waals surface area contributed by atoms with E-state index in [1.54, 1.807) is 6.26 Å². The van der Waals surface area contributed by atoms with Crippen LogP contribution in [0.3, 0.4) is 0 Å². The van der Waals surface area contributed by atoms with Crippen LogP contribution in [0, 0.1) is 0 Å². The number of thioether (sulfide) groups is 1. The van der Waals surface area contributed by atoms with Crippen molar-refractivity contribution in [2.24, 2.45) is 0 Å². The van der Waals surface area contributed by atoms with Gasteiger partial charge in [0.25, 0.3) is 0 Å². The van der Waals surface area contributed by atoms with Crippen LogP contribution in [0.1, 0.15) is 10.5 Å². The zero-order valence-corrected chi connectivity index (χ0v) is 7.96. The number of hydrogen-bond donors (Lipinski definition) is 1. The first-order valence-electron chi connectivity index (χ1n) is 3.37. The molecular weight excluding hydrogens is 192 g/mol. The van der Waals surface area contributed by atoms with Crippen molar-refractivity contribution >= 4 is 17.7 Å². The lowest BCUT2D eigenvalue weighted by Crippen LogP contribution is -2.05. The Labute approximate surface area is 79.2 Å². The van der Waals surface area contributed by atoms with Crippen LogP contribution in [-0.4, -0.2) is 34.4 Å². The summed E-state index contributed by atoms with van der Waals surface area (Å²) in [6.07, 6.45) is 3.12. The molecule has 6 heteroatoms. The zero-order chi connectivity index (χ0) is 9.84. The van der Waals surface area contributed by atoms with Gasteiger partial charge in [-0.05, 0) is 6.26 Å². The Morgan fingerprint density at radius 1 is 1.69 bits per heavy atom. The molecule has 0 aromatic carbocycles. The third kappa shape index (κ3) is 2.09. The van der Waals surface area contributed by atoms with E-state index in [1.807, 2.05) is 0 Å². The van der Waals surface area contributed by atoms with Crippen molar-refractivity contribution in [1.29, 1.82) is 0 Å². The topological polar surface area (TPSA) is 72.3 Å². The second-order valence-corrected chi connectivity index (χ2v) is 2.85. The molecule has 1 rings (SSSR count). The van der Waals surface area contributed by atoms with Crippen molar-refractivity contribution in [2.45, 2.75) is 5.16 Å². The second kappa shape index (κ2) is 4.08. The largest absolute Gasteiger partial charge is 0.493 e. The van der Waals surface area contributed by atoms with Gasteiger partial charge < -0.3 is 9.84 Å². The predicted octanol–water partition coefficient (Wildman–Crippen LogP) is 0.905. The van der Waals surface area contributed by atoms with Crippen LogP contribution < -0.4 is 4.74 Å². The summed E-state index contributed by atoms with van der Waals surface area (Å²) in [6, 6.07) is 0. The number of hydrogen-bond acceptors (Lipinski definition) is 5. The number of rotatable bonds is 3. The van der Waals surface area contributed by atoms with Gasteiger partial charge >= 0.3 is 5.97 Å². The number of aromatic carboxylic acids is 1. The van der Waals surface area contributed by atoms with Crippen molar-refractivity contribution in [1.82, 2.24) is 9.97 Å². The Morgan fingerprint density at radius 3 is 2.85 bits per heavy atom. The van der Waals surface area contributed by atoms with E-state index in [9.17, 15) is 4.79 Å². The molecular formula is C7H8N2O3S. The predicted molar refractivity (Wildman–Crippen MR) is 47.3 cm³/mol. The van der Waals surface area contributed by atoms with E-state index in [4.69, 9.17) is 9.84 Å². The van der Waals surface area contributed by atoms with Gasteiger partial charge in [-0.25, -0.2) is 14.8 Å². The fourth-order valence-corrected chi connectivity index (χ4v) is 1.10. The molecule has 0 fully saturated rings. The zero-order valence-electron chi connectivity index (χ0n) is 7.14. The first-order valence-corrected chi connectivity index (χ1v) is 4.59. The Kier molecular flexibility index (Phi) is 3.07. The first-order chi connectivity index (χ1) is 6.19. The lowest BCUT2D eigenvalue weighted by Gasteiger charge is -2.03. The van der Waals surface area contributed by atoms with E-state index < -0.39 is 5.97 Å². The fraction of sp³-hybridized carbons (Fsp3) is 0.286. The summed E-state index contributed by atoms with van der Waals surface area (Å²) < 4.78 is 4.79. The summed E-state index contributed by atoms with van der Waals surface area (Å²) in [6.45, 7) is 0. The summed E-state index contributed by atoms with van der Waals surface area (Å²) in [5.41, 5.74) is -0.109. The fourth-order valence-electron chi connectivity index (χ4n) is 0.756. The van der Waals surface area contributed by atoms with Gasteiger partial charge in [-0.15, -0.1) is 0 Å². The highest BCUT2D eigenvalue weighted by atomic mass is 32.2. The number of carboxylic acid groups (broad SMARTS) is 1. The van der Waals surface area contributed by atoms with Crippen LogP contribution >= 0.6 is 11.8 Å². The number of carboxylic acids is 1. The molecule has 0 spiro atoms. The van der Waals surface area contributed by atoms with Crippen molar-refractivity contribution < 1.29 is 14.6 Å². The number of nitrogens with zero attached hydrogens (tertiary/aromatic N) is 2. The molecule has 0 atom stereocenters.